The van der Waals surface area contributed by atoms with Crippen LogP contribution in [0.3, 0.4) is 0 Å². The molecule has 24 heavy (non-hydrogen) atoms. The highest BCUT2D eigenvalue weighted by molar-refractivity contribution is 5.87. The Morgan fingerprint density at radius 1 is 0.583 bits per heavy atom. The standard InChI is InChI=1S/2C7H6O2.2C2H6.2H2O/c2*8-7(9)6-4-2-1-3-5-6;2*1-2;;/h2*1-5H,(H,8,9);2*1-2H3;2*1H2. The van der Waals surface area contributed by atoms with E-state index in [1.165, 1.54) is 0 Å². The van der Waals surface area contributed by atoms with E-state index in [2.05, 4.69) is 0 Å². The summed E-state index contributed by atoms with van der Waals surface area (Å²) in [6.45, 7) is 8.00. The molecule has 2 rings (SSSR count). The third-order valence-corrected chi connectivity index (χ3v) is 2.04. The van der Waals surface area contributed by atoms with Crippen LogP contribution >= 0.6 is 0 Å². The Balaban J connectivity index is -0.000000129. The van der Waals surface area contributed by atoms with Crippen molar-refractivity contribution in [2.24, 2.45) is 0 Å². The Bertz CT molecular complexity index is 462. The number of hydrogen-bond donors (Lipinski definition) is 2. The molecule has 0 aliphatic heterocycles. The number of rotatable bonds is 2. The minimum atomic E-state index is -0.879. The Labute approximate surface area is 143 Å². The van der Waals surface area contributed by atoms with Crippen molar-refractivity contribution in [2.45, 2.75) is 27.7 Å². The number of hydrogen-bond acceptors (Lipinski definition) is 2. The summed E-state index contributed by atoms with van der Waals surface area (Å²) in [6.07, 6.45) is 0. The van der Waals surface area contributed by atoms with Crippen molar-refractivity contribution < 1.29 is 30.8 Å². The van der Waals surface area contributed by atoms with Gasteiger partial charge in [0.25, 0.3) is 0 Å². The average molecular weight is 340 g/mol. The minimum Gasteiger partial charge on any atom is -0.478 e. The second-order valence-corrected chi connectivity index (χ2v) is 3.34. The highest BCUT2D eigenvalue weighted by Crippen LogP contribution is 1.96. The molecule has 0 amide bonds. The van der Waals surface area contributed by atoms with Crippen LogP contribution in [-0.2, 0) is 0 Å². The number of aromatic carboxylic acids is 2. The molecular formula is C18H28O6. The molecule has 6 N–H and O–H groups in total. The first kappa shape index (κ1) is 29.3. The maximum atomic E-state index is 10.2. The van der Waals surface area contributed by atoms with Crippen LogP contribution in [0.25, 0.3) is 0 Å². The lowest BCUT2D eigenvalue weighted by atomic mass is 10.2. The fourth-order valence-electron chi connectivity index (χ4n) is 1.16. The smallest absolute Gasteiger partial charge is 0.335 e. The summed E-state index contributed by atoms with van der Waals surface area (Å²) >= 11 is 0. The van der Waals surface area contributed by atoms with Crippen LogP contribution in [0.4, 0.5) is 0 Å². The van der Waals surface area contributed by atoms with Crippen molar-refractivity contribution in [3.05, 3.63) is 71.8 Å². The van der Waals surface area contributed by atoms with Gasteiger partial charge in [-0.15, -0.1) is 0 Å². The molecule has 0 atom stereocenters. The van der Waals surface area contributed by atoms with Crippen molar-refractivity contribution >= 4 is 11.9 Å². The maximum Gasteiger partial charge on any atom is 0.335 e. The first-order valence-corrected chi connectivity index (χ1v) is 7.18. The van der Waals surface area contributed by atoms with Crippen LogP contribution in [0.5, 0.6) is 0 Å². The molecule has 0 bridgehead atoms. The van der Waals surface area contributed by atoms with Gasteiger partial charge in [-0.2, -0.15) is 0 Å². The first-order valence-electron chi connectivity index (χ1n) is 7.18. The second kappa shape index (κ2) is 20.3. The molecule has 0 aliphatic carbocycles. The van der Waals surface area contributed by atoms with Crippen LogP contribution in [0, 0.1) is 0 Å². The Morgan fingerprint density at radius 2 is 0.792 bits per heavy atom. The SMILES string of the molecule is CC.CC.O.O.O=C(O)c1ccccc1.O=C(O)c1ccccc1. The predicted molar refractivity (Wildman–Crippen MR) is 96.7 cm³/mol. The normalized spacial score (nSPS) is 7.17. The number of benzene rings is 2. The van der Waals surface area contributed by atoms with Gasteiger partial charge >= 0.3 is 11.9 Å². The van der Waals surface area contributed by atoms with Crippen LogP contribution in [0.15, 0.2) is 60.7 Å². The summed E-state index contributed by atoms with van der Waals surface area (Å²) in [4.78, 5) is 20.4. The molecule has 6 nitrogen and oxygen atoms in total. The molecule has 0 spiro atoms. The van der Waals surface area contributed by atoms with Crippen molar-refractivity contribution in [3.63, 3.8) is 0 Å². The summed E-state index contributed by atoms with van der Waals surface area (Å²) in [5.74, 6) is -1.76. The molecule has 6 heteroatoms. The zero-order valence-corrected chi connectivity index (χ0v) is 14.5. The molecule has 2 aromatic rings. The van der Waals surface area contributed by atoms with Crippen LogP contribution in [0.1, 0.15) is 48.4 Å². The fourth-order valence-corrected chi connectivity index (χ4v) is 1.16. The van der Waals surface area contributed by atoms with E-state index in [1.54, 1.807) is 60.7 Å². The molecule has 2 aromatic carbocycles. The van der Waals surface area contributed by atoms with Crippen LogP contribution in [0.2, 0.25) is 0 Å². The quantitative estimate of drug-likeness (QED) is 0.866. The van der Waals surface area contributed by atoms with Gasteiger partial charge in [0.2, 0.25) is 0 Å². The highest BCUT2D eigenvalue weighted by Gasteiger charge is 1.97. The molecule has 0 aromatic heterocycles. The van der Waals surface area contributed by atoms with Crippen molar-refractivity contribution in [3.8, 4) is 0 Å². The molecule has 136 valence electrons. The zero-order valence-electron chi connectivity index (χ0n) is 14.5. The van der Waals surface area contributed by atoms with Gasteiger partial charge in [0, 0.05) is 0 Å². The topological polar surface area (TPSA) is 138 Å². The van der Waals surface area contributed by atoms with Gasteiger partial charge in [-0.3, -0.25) is 0 Å². The van der Waals surface area contributed by atoms with Gasteiger partial charge in [0.05, 0.1) is 11.1 Å². The molecule has 0 heterocycles. The Hall–Kier alpha value is -2.70. The highest BCUT2D eigenvalue weighted by atomic mass is 16.4. The lowest BCUT2D eigenvalue weighted by molar-refractivity contribution is 0.0686. The first-order chi connectivity index (χ1) is 10.6. The van der Waals surface area contributed by atoms with E-state index >= 15 is 0 Å². The lowest BCUT2D eigenvalue weighted by Crippen LogP contribution is -1.93. The van der Waals surface area contributed by atoms with E-state index in [1.807, 2.05) is 27.7 Å². The van der Waals surface area contributed by atoms with Gasteiger partial charge in [-0.05, 0) is 24.3 Å². The number of carboxylic acid groups (broad SMARTS) is 2. The van der Waals surface area contributed by atoms with E-state index in [4.69, 9.17) is 10.2 Å². The van der Waals surface area contributed by atoms with Crippen LogP contribution < -0.4 is 0 Å². The predicted octanol–water partition coefficient (Wildman–Crippen LogP) is 3.17. The van der Waals surface area contributed by atoms with E-state index in [9.17, 15) is 9.59 Å². The molecule has 0 fully saturated rings. The van der Waals surface area contributed by atoms with Gasteiger partial charge in [-0.25, -0.2) is 9.59 Å². The maximum absolute atomic E-state index is 10.2. The van der Waals surface area contributed by atoms with Crippen molar-refractivity contribution in [2.75, 3.05) is 0 Å². The Kier molecular flexibility index (Phi) is 24.8. The van der Waals surface area contributed by atoms with Crippen LogP contribution in [-0.4, -0.2) is 33.1 Å². The molecule has 0 unspecified atom stereocenters. The van der Waals surface area contributed by atoms with Gasteiger partial charge in [-0.1, -0.05) is 64.1 Å². The van der Waals surface area contributed by atoms with E-state index in [0.29, 0.717) is 11.1 Å². The third-order valence-electron chi connectivity index (χ3n) is 2.04. The van der Waals surface area contributed by atoms with Gasteiger partial charge in [0.1, 0.15) is 0 Å². The molecule has 0 saturated heterocycles. The monoisotopic (exact) mass is 340 g/mol. The molecule has 0 radical (unpaired) electrons. The minimum absolute atomic E-state index is 0. The zero-order chi connectivity index (χ0) is 17.4. The van der Waals surface area contributed by atoms with Crippen molar-refractivity contribution in [1.29, 1.82) is 0 Å². The Morgan fingerprint density at radius 3 is 0.917 bits per heavy atom. The summed E-state index contributed by atoms with van der Waals surface area (Å²) < 4.78 is 0. The molecular weight excluding hydrogens is 312 g/mol. The van der Waals surface area contributed by atoms with Gasteiger partial charge in [0.15, 0.2) is 0 Å². The fraction of sp³-hybridized carbons (Fsp3) is 0.222. The lowest BCUT2D eigenvalue weighted by Gasteiger charge is -1.88. The van der Waals surface area contributed by atoms with E-state index in [0.717, 1.165) is 0 Å². The summed E-state index contributed by atoms with van der Waals surface area (Å²) in [5.41, 5.74) is 0.662. The average Bonchev–Trinajstić information content (AvgIpc) is 2.60. The number of carboxylic acids is 2. The second-order valence-electron chi connectivity index (χ2n) is 3.34. The summed E-state index contributed by atoms with van der Waals surface area (Å²) in [7, 11) is 0. The molecule has 0 aliphatic rings. The van der Waals surface area contributed by atoms with E-state index in [-0.39, 0.29) is 11.0 Å². The number of carbonyl (C=O) groups is 2. The van der Waals surface area contributed by atoms with Gasteiger partial charge < -0.3 is 21.2 Å². The van der Waals surface area contributed by atoms with Crippen molar-refractivity contribution in [1.82, 2.24) is 0 Å². The molecule has 0 saturated carbocycles. The summed E-state index contributed by atoms with van der Waals surface area (Å²) in [5, 5.41) is 16.8. The third kappa shape index (κ3) is 14.2. The largest absolute Gasteiger partial charge is 0.478 e. The van der Waals surface area contributed by atoms with E-state index < -0.39 is 11.9 Å². The summed E-state index contributed by atoms with van der Waals surface area (Å²) in [6, 6.07) is 16.6.